The Morgan fingerprint density at radius 2 is 2.17 bits per heavy atom. The van der Waals surface area contributed by atoms with E-state index in [-0.39, 0.29) is 17.9 Å². The SMILES string of the molecule is CCCO[C@@](C)(C(=O)Nc1ccc(OC(C)C)cc1C#N)C1CC1. The van der Waals surface area contributed by atoms with Crippen LogP contribution in [0.5, 0.6) is 5.75 Å². The van der Waals surface area contributed by atoms with Gasteiger partial charge in [0.2, 0.25) is 0 Å². The molecule has 5 heteroatoms. The van der Waals surface area contributed by atoms with Gasteiger partial charge in [-0.3, -0.25) is 4.79 Å². The summed E-state index contributed by atoms with van der Waals surface area (Å²) in [6.45, 7) is 8.26. The van der Waals surface area contributed by atoms with Crippen molar-refractivity contribution in [3.05, 3.63) is 23.8 Å². The Morgan fingerprint density at radius 3 is 2.71 bits per heavy atom. The van der Waals surface area contributed by atoms with Crippen LogP contribution >= 0.6 is 0 Å². The highest BCUT2D eigenvalue weighted by molar-refractivity contribution is 5.98. The van der Waals surface area contributed by atoms with Crippen molar-refractivity contribution in [2.75, 3.05) is 11.9 Å². The Balaban J connectivity index is 2.16. The first-order chi connectivity index (χ1) is 11.4. The molecule has 0 heterocycles. The summed E-state index contributed by atoms with van der Waals surface area (Å²) in [6, 6.07) is 7.24. The van der Waals surface area contributed by atoms with Gasteiger partial charge in [-0.25, -0.2) is 0 Å². The van der Waals surface area contributed by atoms with Gasteiger partial charge < -0.3 is 14.8 Å². The van der Waals surface area contributed by atoms with Crippen LogP contribution in [-0.2, 0) is 9.53 Å². The highest BCUT2D eigenvalue weighted by atomic mass is 16.5. The minimum Gasteiger partial charge on any atom is -0.491 e. The molecule has 0 radical (unpaired) electrons. The summed E-state index contributed by atoms with van der Waals surface area (Å²) in [5.41, 5.74) is 0.0382. The van der Waals surface area contributed by atoms with Gasteiger partial charge in [0.15, 0.2) is 0 Å². The Kier molecular flexibility index (Phi) is 5.84. The maximum Gasteiger partial charge on any atom is 0.256 e. The molecule has 0 spiro atoms. The van der Waals surface area contributed by atoms with E-state index in [4.69, 9.17) is 9.47 Å². The number of nitrogens with one attached hydrogen (secondary N) is 1. The zero-order valence-electron chi connectivity index (χ0n) is 14.9. The van der Waals surface area contributed by atoms with Crippen LogP contribution in [0.1, 0.15) is 52.5 Å². The van der Waals surface area contributed by atoms with E-state index in [9.17, 15) is 10.1 Å². The van der Waals surface area contributed by atoms with Gasteiger partial charge in [0, 0.05) is 12.7 Å². The molecule has 1 atom stereocenters. The molecule has 1 fully saturated rings. The molecule has 5 nitrogen and oxygen atoms in total. The molecule has 1 N–H and O–H groups in total. The lowest BCUT2D eigenvalue weighted by Gasteiger charge is -2.29. The Bertz CT molecular complexity index is 632. The Morgan fingerprint density at radius 1 is 1.46 bits per heavy atom. The third-order valence-electron chi connectivity index (χ3n) is 4.14. The fourth-order valence-electron chi connectivity index (χ4n) is 2.63. The number of rotatable bonds is 8. The maximum absolute atomic E-state index is 12.8. The number of benzene rings is 1. The lowest BCUT2D eigenvalue weighted by atomic mass is 9.98. The molecule has 0 aromatic heterocycles. The average molecular weight is 330 g/mol. The summed E-state index contributed by atoms with van der Waals surface area (Å²) in [5, 5.41) is 12.2. The van der Waals surface area contributed by atoms with Crippen molar-refractivity contribution in [1.29, 1.82) is 5.26 Å². The highest BCUT2D eigenvalue weighted by Gasteiger charge is 2.48. The lowest BCUT2D eigenvalue weighted by Crippen LogP contribution is -2.45. The maximum atomic E-state index is 12.8. The first kappa shape index (κ1) is 18.3. The quantitative estimate of drug-likeness (QED) is 0.785. The van der Waals surface area contributed by atoms with Gasteiger partial charge >= 0.3 is 0 Å². The third-order valence-corrected chi connectivity index (χ3v) is 4.14. The van der Waals surface area contributed by atoms with E-state index in [1.54, 1.807) is 18.2 Å². The smallest absolute Gasteiger partial charge is 0.256 e. The molecule has 1 aliphatic rings. The molecule has 1 aromatic carbocycles. The molecule has 1 saturated carbocycles. The molecule has 1 aliphatic carbocycles. The van der Waals surface area contributed by atoms with Crippen molar-refractivity contribution in [3.8, 4) is 11.8 Å². The topological polar surface area (TPSA) is 71.3 Å². The number of carbonyl (C=O) groups is 1. The number of nitrogens with zero attached hydrogens (tertiary/aromatic N) is 1. The molecule has 0 unspecified atom stereocenters. The van der Waals surface area contributed by atoms with Crippen molar-refractivity contribution in [1.82, 2.24) is 0 Å². The van der Waals surface area contributed by atoms with E-state index in [0.29, 0.717) is 23.6 Å². The van der Waals surface area contributed by atoms with E-state index in [1.807, 2.05) is 27.7 Å². The van der Waals surface area contributed by atoms with Crippen LogP contribution in [0.2, 0.25) is 0 Å². The molecule has 2 rings (SSSR count). The summed E-state index contributed by atoms with van der Waals surface area (Å²) in [6.07, 6.45) is 2.89. The van der Waals surface area contributed by atoms with E-state index < -0.39 is 5.60 Å². The minimum atomic E-state index is -0.837. The zero-order valence-corrected chi connectivity index (χ0v) is 14.9. The minimum absolute atomic E-state index is 0.0255. The summed E-state index contributed by atoms with van der Waals surface area (Å²) in [7, 11) is 0. The standard InChI is InChI=1S/C19H26N2O3/c1-5-10-23-19(4,15-6-7-15)18(22)21-17-9-8-16(24-13(2)3)11-14(17)12-20/h8-9,11,13,15H,5-7,10H2,1-4H3,(H,21,22)/t19-/m1/s1. The van der Waals surface area contributed by atoms with Gasteiger partial charge in [-0.15, -0.1) is 0 Å². The second-order valence-electron chi connectivity index (χ2n) is 6.67. The summed E-state index contributed by atoms with van der Waals surface area (Å²) < 4.78 is 11.5. The van der Waals surface area contributed by atoms with Gasteiger partial charge in [-0.05, 0) is 58.1 Å². The largest absolute Gasteiger partial charge is 0.491 e. The van der Waals surface area contributed by atoms with E-state index >= 15 is 0 Å². The predicted molar refractivity (Wildman–Crippen MR) is 92.9 cm³/mol. The number of amides is 1. The summed E-state index contributed by atoms with van der Waals surface area (Å²) >= 11 is 0. The second-order valence-corrected chi connectivity index (χ2v) is 6.67. The summed E-state index contributed by atoms with van der Waals surface area (Å²) in [5.74, 6) is 0.678. The van der Waals surface area contributed by atoms with Crippen LogP contribution in [0, 0.1) is 17.2 Å². The normalized spacial score (nSPS) is 16.3. The van der Waals surface area contributed by atoms with Crippen molar-refractivity contribution in [2.45, 2.75) is 58.7 Å². The highest BCUT2D eigenvalue weighted by Crippen LogP contribution is 2.42. The molecule has 0 saturated heterocycles. The number of hydrogen-bond acceptors (Lipinski definition) is 4. The molecule has 0 aliphatic heterocycles. The van der Waals surface area contributed by atoms with E-state index in [0.717, 1.165) is 19.3 Å². The van der Waals surface area contributed by atoms with Crippen LogP contribution in [0.3, 0.4) is 0 Å². The molecular formula is C19H26N2O3. The van der Waals surface area contributed by atoms with Crippen molar-refractivity contribution in [3.63, 3.8) is 0 Å². The molecule has 1 aromatic rings. The molecule has 0 bridgehead atoms. The third kappa shape index (κ3) is 4.27. The van der Waals surface area contributed by atoms with Crippen LogP contribution in [0.4, 0.5) is 5.69 Å². The first-order valence-corrected chi connectivity index (χ1v) is 8.57. The molecular weight excluding hydrogens is 304 g/mol. The van der Waals surface area contributed by atoms with E-state index in [2.05, 4.69) is 11.4 Å². The number of ether oxygens (including phenoxy) is 2. The fraction of sp³-hybridized carbons (Fsp3) is 0.579. The predicted octanol–water partition coefficient (Wildman–Crippen LogP) is 3.88. The zero-order chi connectivity index (χ0) is 17.7. The first-order valence-electron chi connectivity index (χ1n) is 8.57. The Labute approximate surface area is 144 Å². The number of carbonyl (C=O) groups excluding carboxylic acids is 1. The van der Waals surface area contributed by atoms with Gasteiger partial charge in [0.05, 0.1) is 17.4 Å². The molecule has 130 valence electrons. The summed E-state index contributed by atoms with van der Waals surface area (Å²) in [4.78, 5) is 12.8. The van der Waals surface area contributed by atoms with Crippen molar-refractivity contribution >= 4 is 11.6 Å². The second kappa shape index (κ2) is 7.67. The molecule has 24 heavy (non-hydrogen) atoms. The fourth-order valence-corrected chi connectivity index (χ4v) is 2.63. The van der Waals surface area contributed by atoms with Crippen LogP contribution in [0.25, 0.3) is 0 Å². The monoisotopic (exact) mass is 330 g/mol. The number of anilines is 1. The van der Waals surface area contributed by atoms with Gasteiger partial charge in [-0.2, -0.15) is 5.26 Å². The van der Waals surface area contributed by atoms with Crippen molar-refractivity contribution in [2.24, 2.45) is 5.92 Å². The van der Waals surface area contributed by atoms with Gasteiger partial charge in [0.25, 0.3) is 5.91 Å². The van der Waals surface area contributed by atoms with Crippen LogP contribution in [-0.4, -0.2) is 24.2 Å². The lowest BCUT2D eigenvalue weighted by molar-refractivity contribution is -0.142. The molecule has 1 amide bonds. The number of nitriles is 1. The van der Waals surface area contributed by atoms with Crippen LogP contribution < -0.4 is 10.1 Å². The number of hydrogen-bond donors (Lipinski definition) is 1. The average Bonchev–Trinajstić information content (AvgIpc) is 3.38. The van der Waals surface area contributed by atoms with Gasteiger partial charge in [0.1, 0.15) is 17.4 Å². The Hall–Kier alpha value is -2.06. The van der Waals surface area contributed by atoms with E-state index in [1.165, 1.54) is 0 Å². The van der Waals surface area contributed by atoms with Crippen LogP contribution in [0.15, 0.2) is 18.2 Å². The van der Waals surface area contributed by atoms with Crippen molar-refractivity contribution < 1.29 is 14.3 Å². The van der Waals surface area contributed by atoms with Gasteiger partial charge in [-0.1, -0.05) is 6.92 Å².